The summed E-state index contributed by atoms with van der Waals surface area (Å²) in [6, 6.07) is 4.91. The number of carbonyl (C=O) groups is 1. The highest BCUT2D eigenvalue weighted by molar-refractivity contribution is 5.80. The number of alkyl halides is 3. The number of aromatic nitrogens is 2. The second-order valence-electron chi connectivity index (χ2n) is 8.90. The molecule has 1 aromatic carbocycles. The van der Waals surface area contributed by atoms with Gasteiger partial charge in [0.25, 0.3) is 0 Å². The van der Waals surface area contributed by atoms with Gasteiger partial charge in [-0.25, -0.2) is 9.37 Å². The molecule has 10 heteroatoms. The fourth-order valence-electron chi connectivity index (χ4n) is 5.02. The summed E-state index contributed by atoms with van der Waals surface area (Å²) in [7, 11) is 0. The summed E-state index contributed by atoms with van der Waals surface area (Å²) < 4.78 is 56.0. The van der Waals surface area contributed by atoms with Crippen molar-refractivity contribution < 1.29 is 27.5 Å². The summed E-state index contributed by atoms with van der Waals surface area (Å²) in [5.41, 5.74) is -1.00. The van der Waals surface area contributed by atoms with Gasteiger partial charge in [-0.2, -0.15) is 18.2 Å². The van der Waals surface area contributed by atoms with E-state index in [4.69, 9.17) is 5.11 Å². The Labute approximate surface area is 181 Å². The molecule has 5 rings (SSSR count). The van der Waals surface area contributed by atoms with Crippen molar-refractivity contribution in [2.24, 2.45) is 17.8 Å². The van der Waals surface area contributed by atoms with E-state index in [0.717, 1.165) is 18.6 Å². The van der Waals surface area contributed by atoms with Crippen LogP contribution in [0, 0.1) is 23.6 Å². The number of anilines is 2. The van der Waals surface area contributed by atoms with Crippen molar-refractivity contribution in [3.05, 3.63) is 35.8 Å². The molecule has 0 amide bonds. The normalized spacial score (nSPS) is 26.7. The van der Waals surface area contributed by atoms with E-state index in [9.17, 15) is 22.4 Å². The third-order valence-electron chi connectivity index (χ3n) is 6.94. The molecule has 4 atom stereocenters. The zero-order chi connectivity index (χ0) is 22.8. The second-order valence-corrected chi connectivity index (χ2v) is 8.90. The lowest BCUT2D eigenvalue weighted by molar-refractivity contribution is -0.140. The number of hydrogen-bond acceptors (Lipinski definition) is 5. The standard InChI is InChI=1S/C22H22F4N4O2/c1-11-6-7-30(11)21-27-19(22(24,25)26)18(12-2-4-13(23)5-3-12)20(28-21)29-9-15-14(8-17(31)32)16(15)10-29/h2-5,11,14-16H,6-10H2,1H3,(H,31,32)/t11-,14-,15-,16+/m0/s1. The molecule has 1 aliphatic carbocycles. The minimum absolute atomic E-state index is 0.0413. The smallest absolute Gasteiger partial charge is 0.434 e. The average molecular weight is 450 g/mol. The van der Waals surface area contributed by atoms with E-state index in [1.807, 2.05) is 6.92 Å². The van der Waals surface area contributed by atoms with Crippen molar-refractivity contribution >= 4 is 17.7 Å². The zero-order valence-corrected chi connectivity index (χ0v) is 17.3. The number of piperidine rings is 1. The van der Waals surface area contributed by atoms with Crippen molar-refractivity contribution in [1.29, 1.82) is 0 Å². The van der Waals surface area contributed by atoms with Crippen LogP contribution < -0.4 is 9.80 Å². The Morgan fingerprint density at radius 1 is 1.16 bits per heavy atom. The molecule has 0 spiro atoms. The molecule has 0 unspecified atom stereocenters. The first-order chi connectivity index (χ1) is 15.1. The molecule has 0 radical (unpaired) electrons. The van der Waals surface area contributed by atoms with Crippen LogP contribution in [0.3, 0.4) is 0 Å². The van der Waals surface area contributed by atoms with Gasteiger partial charge in [-0.3, -0.25) is 4.79 Å². The predicted molar refractivity (Wildman–Crippen MR) is 109 cm³/mol. The molecule has 1 N–H and O–H groups in total. The number of benzene rings is 1. The molecule has 1 saturated carbocycles. The summed E-state index contributed by atoms with van der Waals surface area (Å²) in [6.45, 7) is 3.38. The lowest BCUT2D eigenvalue weighted by Crippen LogP contribution is -2.47. The minimum Gasteiger partial charge on any atom is -0.481 e. The van der Waals surface area contributed by atoms with E-state index < -0.39 is 23.7 Å². The maximum absolute atomic E-state index is 14.2. The topological polar surface area (TPSA) is 69.6 Å². The molecule has 3 aliphatic rings. The number of carboxylic acid groups (broad SMARTS) is 1. The Bertz CT molecular complexity index is 1050. The fraction of sp³-hybridized carbons (Fsp3) is 0.500. The number of carboxylic acids is 1. The van der Waals surface area contributed by atoms with Crippen LogP contribution >= 0.6 is 0 Å². The zero-order valence-electron chi connectivity index (χ0n) is 17.3. The lowest BCUT2D eigenvalue weighted by Gasteiger charge is -2.39. The highest BCUT2D eigenvalue weighted by Gasteiger charge is 2.57. The lowest BCUT2D eigenvalue weighted by atomic mass is 10.0. The Kier molecular flexibility index (Phi) is 4.79. The SMILES string of the molecule is C[C@H]1CCN1c1nc(N2C[C@@H]3[C@@H](CC(=O)O)[C@@H]3C2)c(-c2ccc(F)cc2)c(C(F)(F)F)n1. The Morgan fingerprint density at radius 2 is 1.81 bits per heavy atom. The maximum atomic E-state index is 14.2. The number of hydrogen-bond donors (Lipinski definition) is 1. The molecular formula is C22H22F4N4O2. The number of halogens is 4. The molecule has 32 heavy (non-hydrogen) atoms. The van der Waals surface area contributed by atoms with Gasteiger partial charge < -0.3 is 14.9 Å². The van der Waals surface area contributed by atoms with Crippen molar-refractivity contribution in [2.45, 2.75) is 32.0 Å². The van der Waals surface area contributed by atoms with Crippen LogP contribution in [0.2, 0.25) is 0 Å². The van der Waals surface area contributed by atoms with Crippen LogP contribution in [0.25, 0.3) is 11.1 Å². The van der Waals surface area contributed by atoms with E-state index >= 15 is 0 Å². The third-order valence-corrected chi connectivity index (χ3v) is 6.94. The quantitative estimate of drug-likeness (QED) is 0.693. The van der Waals surface area contributed by atoms with E-state index in [1.165, 1.54) is 12.1 Å². The second kappa shape index (κ2) is 7.31. The van der Waals surface area contributed by atoms with Gasteiger partial charge in [0.15, 0.2) is 5.69 Å². The average Bonchev–Trinajstić information content (AvgIpc) is 3.14. The molecule has 2 saturated heterocycles. The summed E-state index contributed by atoms with van der Waals surface area (Å²) in [4.78, 5) is 23.1. The monoisotopic (exact) mass is 450 g/mol. The third kappa shape index (κ3) is 3.55. The van der Waals surface area contributed by atoms with Crippen LogP contribution in [-0.2, 0) is 11.0 Å². The van der Waals surface area contributed by atoms with Crippen LogP contribution in [0.1, 0.15) is 25.5 Å². The summed E-state index contributed by atoms with van der Waals surface area (Å²) >= 11 is 0. The molecule has 2 aromatic rings. The molecule has 3 fully saturated rings. The first-order valence-electron chi connectivity index (χ1n) is 10.6. The molecule has 0 bridgehead atoms. The summed E-state index contributed by atoms with van der Waals surface area (Å²) in [5, 5.41) is 9.06. The van der Waals surface area contributed by atoms with Crippen LogP contribution in [0.5, 0.6) is 0 Å². The molecule has 2 aliphatic heterocycles. The van der Waals surface area contributed by atoms with Gasteiger partial charge >= 0.3 is 12.1 Å². The van der Waals surface area contributed by atoms with Gasteiger partial charge in [-0.15, -0.1) is 0 Å². The van der Waals surface area contributed by atoms with Gasteiger partial charge in [0.2, 0.25) is 5.95 Å². The predicted octanol–water partition coefficient (Wildman–Crippen LogP) is 4.06. The highest BCUT2D eigenvalue weighted by atomic mass is 19.4. The maximum Gasteiger partial charge on any atom is 0.434 e. The van der Waals surface area contributed by atoms with Gasteiger partial charge in [-0.05, 0) is 48.8 Å². The Morgan fingerprint density at radius 3 is 2.31 bits per heavy atom. The van der Waals surface area contributed by atoms with Gasteiger partial charge in [0, 0.05) is 32.1 Å². The fourth-order valence-corrected chi connectivity index (χ4v) is 5.02. The van der Waals surface area contributed by atoms with Crippen molar-refractivity contribution in [2.75, 3.05) is 29.4 Å². The van der Waals surface area contributed by atoms with Gasteiger partial charge in [0.05, 0.1) is 5.56 Å². The first kappa shape index (κ1) is 21.0. The number of aliphatic carboxylic acids is 1. The largest absolute Gasteiger partial charge is 0.481 e. The van der Waals surface area contributed by atoms with Crippen LogP contribution in [0.15, 0.2) is 24.3 Å². The number of rotatable bonds is 5. The molecular weight excluding hydrogens is 428 g/mol. The van der Waals surface area contributed by atoms with E-state index in [-0.39, 0.29) is 53.1 Å². The van der Waals surface area contributed by atoms with Gasteiger partial charge in [0.1, 0.15) is 11.6 Å². The molecule has 1 aromatic heterocycles. The van der Waals surface area contributed by atoms with Crippen LogP contribution in [0.4, 0.5) is 29.3 Å². The van der Waals surface area contributed by atoms with Crippen molar-refractivity contribution in [1.82, 2.24) is 9.97 Å². The number of fused-ring (bicyclic) bond motifs is 1. The van der Waals surface area contributed by atoms with Crippen LogP contribution in [-0.4, -0.2) is 46.7 Å². The first-order valence-corrected chi connectivity index (χ1v) is 10.6. The molecule has 170 valence electrons. The van der Waals surface area contributed by atoms with E-state index in [1.54, 1.807) is 9.80 Å². The Balaban J connectivity index is 1.59. The van der Waals surface area contributed by atoms with E-state index in [0.29, 0.717) is 19.6 Å². The minimum atomic E-state index is -4.72. The number of nitrogens with zero attached hydrogens (tertiary/aromatic N) is 4. The summed E-state index contributed by atoms with van der Waals surface area (Å²) in [5.74, 6) is -0.885. The van der Waals surface area contributed by atoms with E-state index in [2.05, 4.69) is 9.97 Å². The highest BCUT2D eigenvalue weighted by Crippen LogP contribution is 2.55. The molecule has 3 heterocycles. The van der Waals surface area contributed by atoms with Crippen molar-refractivity contribution in [3.8, 4) is 11.1 Å². The summed E-state index contributed by atoms with van der Waals surface area (Å²) in [6.07, 6.45) is -3.80. The van der Waals surface area contributed by atoms with Gasteiger partial charge in [-0.1, -0.05) is 12.1 Å². The Hall–Kier alpha value is -2.91. The van der Waals surface area contributed by atoms with Crippen molar-refractivity contribution in [3.63, 3.8) is 0 Å². The molecule has 6 nitrogen and oxygen atoms in total.